The van der Waals surface area contributed by atoms with Crippen LogP contribution in [0, 0.1) is 12.7 Å². The molecule has 2 heteroatoms. The molecule has 0 saturated carbocycles. The fraction of sp³-hybridized carbons (Fsp3) is 0.538. The topological polar surface area (TPSA) is 12.0 Å². The lowest BCUT2D eigenvalue weighted by molar-refractivity contribution is 0.334. The molecule has 0 bridgehead atoms. The third-order valence-corrected chi connectivity index (χ3v) is 3.14. The molecular formula is C13H18FN. The second kappa shape index (κ2) is 4.31. The molecule has 1 aromatic rings. The fourth-order valence-corrected chi connectivity index (χ4v) is 2.31. The van der Waals surface area contributed by atoms with E-state index in [4.69, 9.17) is 0 Å². The Hall–Kier alpha value is -0.890. The first-order chi connectivity index (χ1) is 7.16. The Morgan fingerprint density at radius 3 is 2.87 bits per heavy atom. The summed E-state index contributed by atoms with van der Waals surface area (Å²) < 4.78 is 13.6. The molecule has 1 N–H and O–H groups in total. The van der Waals surface area contributed by atoms with E-state index < -0.39 is 0 Å². The smallest absolute Gasteiger partial charge is 0.127 e. The van der Waals surface area contributed by atoms with Crippen LogP contribution in [0.25, 0.3) is 0 Å². The zero-order valence-electron chi connectivity index (χ0n) is 9.39. The van der Waals surface area contributed by atoms with E-state index >= 15 is 0 Å². The normalized spacial score (nSPS) is 26.6. The number of piperidine rings is 1. The van der Waals surface area contributed by atoms with Gasteiger partial charge in [-0.25, -0.2) is 4.39 Å². The van der Waals surface area contributed by atoms with E-state index in [1.165, 1.54) is 12.8 Å². The summed E-state index contributed by atoms with van der Waals surface area (Å²) in [5.41, 5.74) is 1.97. The van der Waals surface area contributed by atoms with Gasteiger partial charge in [0.25, 0.3) is 0 Å². The minimum atomic E-state index is -0.0767. The van der Waals surface area contributed by atoms with Gasteiger partial charge in [-0.05, 0) is 32.8 Å². The summed E-state index contributed by atoms with van der Waals surface area (Å²) in [5, 5.41) is 3.46. The fourth-order valence-electron chi connectivity index (χ4n) is 2.31. The summed E-state index contributed by atoms with van der Waals surface area (Å²) in [6, 6.07) is 6.07. The number of hydrogen-bond donors (Lipinski definition) is 1. The van der Waals surface area contributed by atoms with E-state index in [0.29, 0.717) is 6.04 Å². The molecule has 0 spiro atoms. The van der Waals surface area contributed by atoms with Crippen LogP contribution in [0.3, 0.4) is 0 Å². The Labute approximate surface area is 90.7 Å². The van der Waals surface area contributed by atoms with Gasteiger partial charge >= 0.3 is 0 Å². The summed E-state index contributed by atoms with van der Waals surface area (Å²) >= 11 is 0. The molecule has 0 radical (unpaired) electrons. The second-order valence-corrected chi connectivity index (χ2v) is 4.58. The number of halogens is 1. The van der Waals surface area contributed by atoms with Crippen molar-refractivity contribution in [3.63, 3.8) is 0 Å². The van der Waals surface area contributed by atoms with Crippen LogP contribution in [0.15, 0.2) is 18.2 Å². The van der Waals surface area contributed by atoms with Crippen molar-refractivity contribution in [3.05, 3.63) is 35.1 Å². The van der Waals surface area contributed by atoms with Gasteiger partial charge in [-0.1, -0.05) is 24.1 Å². The van der Waals surface area contributed by atoms with Crippen LogP contribution >= 0.6 is 0 Å². The molecule has 1 fully saturated rings. The Morgan fingerprint density at radius 1 is 1.33 bits per heavy atom. The number of nitrogens with one attached hydrogen (secondary N) is 1. The van der Waals surface area contributed by atoms with Gasteiger partial charge in [0.05, 0.1) is 0 Å². The first kappa shape index (κ1) is 10.6. The van der Waals surface area contributed by atoms with Crippen LogP contribution in [-0.2, 0) is 0 Å². The highest BCUT2D eigenvalue weighted by Gasteiger charge is 2.21. The molecule has 0 aromatic heterocycles. The van der Waals surface area contributed by atoms with Crippen LogP contribution in [-0.4, -0.2) is 6.04 Å². The van der Waals surface area contributed by atoms with Gasteiger partial charge in [0.1, 0.15) is 5.82 Å². The van der Waals surface area contributed by atoms with Crippen molar-refractivity contribution in [2.45, 2.75) is 45.2 Å². The standard InChI is InChI=1S/C13H18FN/c1-9-6-7-12(14)11(8-9)13-5-3-4-10(2)15-13/h6-8,10,13,15H,3-5H2,1-2H3. The van der Waals surface area contributed by atoms with E-state index in [2.05, 4.69) is 12.2 Å². The van der Waals surface area contributed by atoms with E-state index in [1.807, 2.05) is 19.1 Å². The Morgan fingerprint density at radius 2 is 2.13 bits per heavy atom. The predicted octanol–water partition coefficient (Wildman–Crippen LogP) is 3.34. The van der Waals surface area contributed by atoms with Crippen molar-refractivity contribution >= 4 is 0 Å². The molecule has 2 rings (SSSR count). The highest BCUT2D eigenvalue weighted by atomic mass is 19.1. The SMILES string of the molecule is Cc1ccc(F)c(C2CCCC(C)N2)c1. The minimum absolute atomic E-state index is 0.0767. The maximum Gasteiger partial charge on any atom is 0.127 e. The van der Waals surface area contributed by atoms with Gasteiger partial charge < -0.3 is 5.32 Å². The Kier molecular flexibility index (Phi) is 3.06. The maximum absolute atomic E-state index is 13.6. The quantitative estimate of drug-likeness (QED) is 0.744. The second-order valence-electron chi connectivity index (χ2n) is 4.58. The van der Waals surface area contributed by atoms with Crippen LogP contribution in [0.1, 0.15) is 43.4 Å². The van der Waals surface area contributed by atoms with Gasteiger partial charge in [-0.2, -0.15) is 0 Å². The van der Waals surface area contributed by atoms with Crippen molar-refractivity contribution in [2.75, 3.05) is 0 Å². The summed E-state index contributed by atoms with van der Waals surface area (Å²) in [6.45, 7) is 4.18. The monoisotopic (exact) mass is 207 g/mol. The number of hydrogen-bond acceptors (Lipinski definition) is 1. The summed E-state index contributed by atoms with van der Waals surface area (Å²) in [5.74, 6) is -0.0767. The van der Waals surface area contributed by atoms with Gasteiger partial charge in [0, 0.05) is 17.6 Å². The highest BCUT2D eigenvalue weighted by Crippen LogP contribution is 2.27. The average molecular weight is 207 g/mol. The Balaban J connectivity index is 2.24. The van der Waals surface area contributed by atoms with Crippen LogP contribution in [0.5, 0.6) is 0 Å². The predicted molar refractivity (Wildman–Crippen MR) is 60.3 cm³/mol. The van der Waals surface area contributed by atoms with E-state index in [1.54, 1.807) is 6.07 Å². The Bertz CT molecular complexity index is 348. The molecule has 2 unspecified atom stereocenters. The van der Waals surface area contributed by atoms with Crippen molar-refractivity contribution in [3.8, 4) is 0 Å². The molecule has 1 aliphatic rings. The summed E-state index contributed by atoms with van der Waals surface area (Å²) in [7, 11) is 0. The first-order valence-corrected chi connectivity index (χ1v) is 5.69. The zero-order chi connectivity index (χ0) is 10.8. The van der Waals surface area contributed by atoms with Gasteiger partial charge in [0.2, 0.25) is 0 Å². The largest absolute Gasteiger partial charge is 0.307 e. The summed E-state index contributed by atoms with van der Waals surface area (Å²) in [6.07, 6.45) is 3.43. The van der Waals surface area contributed by atoms with E-state index in [-0.39, 0.29) is 11.9 Å². The maximum atomic E-state index is 13.6. The van der Waals surface area contributed by atoms with Crippen LogP contribution in [0.2, 0.25) is 0 Å². The number of aryl methyl sites for hydroxylation is 1. The van der Waals surface area contributed by atoms with Gasteiger partial charge in [-0.15, -0.1) is 0 Å². The average Bonchev–Trinajstić information content (AvgIpc) is 2.22. The number of benzene rings is 1. The molecule has 1 saturated heterocycles. The van der Waals surface area contributed by atoms with Crippen molar-refractivity contribution in [1.82, 2.24) is 5.32 Å². The van der Waals surface area contributed by atoms with Crippen LogP contribution < -0.4 is 5.32 Å². The molecule has 0 amide bonds. The highest BCUT2D eigenvalue weighted by molar-refractivity contribution is 5.27. The molecule has 2 atom stereocenters. The molecule has 0 aliphatic carbocycles. The van der Waals surface area contributed by atoms with Crippen molar-refractivity contribution < 1.29 is 4.39 Å². The molecule has 1 aliphatic heterocycles. The lowest BCUT2D eigenvalue weighted by atomic mass is 9.93. The van der Waals surface area contributed by atoms with Gasteiger partial charge in [-0.3, -0.25) is 0 Å². The van der Waals surface area contributed by atoms with Gasteiger partial charge in [0.15, 0.2) is 0 Å². The van der Waals surface area contributed by atoms with Crippen LogP contribution in [0.4, 0.5) is 4.39 Å². The lowest BCUT2D eigenvalue weighted by Gasteiger charge is -2.29. The first-order valence-electron chi connectivity index (χ1n) is 5.69. The third kappa shape index (κ3) is 2.37. The van der Waals surface area contributed by atoms with Crippen molar-refractivity contribution in [2.24, 2.45) is 0 Å². The molecule has 15 heavy (non-hydrogen) atoms. The zero-order valence-corrected chi connectivity index (χ0v) is 9.39. The van der Waals surface area contributed by atoms with E-state index in [0.717, 1.165) is 17.5 Å². The summed E-state index contributed by atoms with van der Waals surface area (Å²) in [4.78, 5) is 0. The third-order valence-electron chi connectivity index (χ3n) is 3.14. The molecular weight excluding hydrogens is 189 g/mol. The molecule has 1 aromatic carbocycles. The minimum Gasteiger partial charge on any atom is -0.307 e. The molecule has 1 heterocycles. The number of rotatable bonds is 1. The molecule has 1 nitrogen and oxygen atoms in total. The lowest BCUT2D eigenvalue weighted by Crippen LogP contribution is -2.35. The van der Waals surface area contributed by atoms with Crippen molar-refractivity contribution in [1.29, 1.82) is 0 Å². The molecule has 82 valence electrons. The van der Waals surface area contributed by atoms with E-state index in [9.17, 15) is 4.39 Å².